The van der Waals surface area contributed by atoms with Crippen LogP contribution in [0.2, 0.25) is 0 Å². The van der Waals surface area contributed by atoms with Crippen molar-refractivity contribution in [2.45, 2.75) is 84.0 Å². The van der Waals surface area contributed by atoms with E-state index in [9.17, 15) is 0 Å². The Morgan fingerprint density at radius 3 is 2.26 bits per heavy atom. The molecule has 0 aliphatic rings. The molecule has 0 saturated heterocycles. The Hall–Kier alpha value is -0.850. The molecule has 0 aromatic carbocycles. The van der Waals surface area contributed by atoms with Crippen molar-refractivity contribution < 1.29 is 0 Å². The van der Waals surface area contributed by atoms with Gasteiger partial charge < -0.3 is 0 Å². The monoisotopic (exact) mass is 261 g/mol. The zero-order valence-electron chi connectivity index (χ0n) is 13.1. The van der Waals surface area contributed by atoms with E-state index in [-0.39, 0.29) is 0 Å². The molecule has 0 aliphatic heterocycles. The molecule has 1 rings (SSSR count). The maximum atomic E-state index is 4.32. The average molecular weight is 261 g/mol. The topological polar surface area (TPSA) is 12.9 Å². The normalized spacial score (nSPS) is 14.3. The molecule has 19 heavy (non-hydrogen) atoms. The number of pyridine rings is 1. The summed E-state index contributed by atoms with van der Waals surface area (Å²) in [5, 5.41) is 0. The van der Waals surface area contributed by atoms with E-state index in [0.29, 0.717) is 5.41 Å². The van der Waals surface area contributed by atoms with Gasteiger partial charge in [-0.25, -0.2) is 0 Å². The molecule has 0 spiro atoms. The molecular formula is C18H31N. The second-order valence-corrected chi connectivity index (χ2v) is 6.07. The Morgan fingerprint density at radius 1 is 0.947 bits per heavy atom. The smallest absolute Gasteiger partial charge is 0.0305 e. The third-order valence-corrected chi connectivity index (χ3v) is 4.27. The van der Waals surface area contributed by atoms with E-state index in [1.807, 2.05) is 6.20 Å². The summed E-state index contributed by atoms with van der Waals surface area (Å²) in [7, 11) is 0. The third-order valence-electron chi connectivity index (χ3n) is 4.27. The Balaban J connectivity index is 2.55. The first-order chi connectivity index (χ1) is 9.23. The molecule has 1 atom stereocenters. The second kappa shape index (κ2) is 9.12. The van der Waals surface area contributed by atoms with Crippen LogP contribution in [-0.4, -0.2) is 4.98 Å². The summed E-state index contributed by atoms with van der Waals surface area (Å²) in [6.07, 6.45) is 16.0. The maximum absolute atomic E-state index is 4.32. The Bertz CT molecular complexity index is 320. The van der Waals surface area contributed by atoms with Gasteiger partial charge in [-0.3, -0.25) is 4.98 Å². The number of rotatable bonds is 10. The lowest BCUT2D eigenvalue weighted by atomic mass is 9.75. The van der Waals surface area contributed by atoms with Gasteiger partial charge in [-0.15, -0.1) is 0 Å². The summed E-state index contributed by atoms with van der Waals surface area (Å²) in [4.78, 5) is 4.32. The van der Waals surface area contributed by atoms with Crippen LogP contribution in [0.3, 0.4) is 0 Å². The number of hydrogen-bond donors (Lipinski definition) is 0. The predicted molar refractivity (Wildman–Crippen MR) is 84.5 cm³/mol. The highest BCUT2D eigenvalue weighted by molar-refractivity contribution is 5.20. The average Bonchev–Trinajstić information content (AvgIpc) is 2.46. The number of unbranched alkanes of at least 4 members (excludes halogenated alkanes) is 5. The van der Waals surface area contributed by atoms with Crippen LogP contribution in [0.15, 0.2) is 24.5 Å². The molecule has 0 N–H and O–H groups in total. The largest absolute Gasteiger partial charge is 0.264 e. The molecule has 1 unspecified atom stereocenters. The second-order valence-electron chi connectivity index (χ2n) is 6.07. The number of hydrogen-bond acceptors (Lipinski definition) is 1. The van der Waals surface area contributed by atoms with E-state index in [0.717, 1.165) is 0 Å². The van der Waals surface area contributed by atoms with E-state index in [2.05, 4.69) is 44.1 Å². The van der Waals surface area contributed by atoms with Crippen LogP contribution in [-0.2, 0) is 5.41 Å². The summed E-state index contributed by atoms with van der Waals surface area (Å²) in [6.45, 7) is 6.99. The fraction of sp³-hybridized carbons (Fsp3) is 0.722. The van der Waals surface area contributed by atoms with Crippen molar-refractivity contribution >= 4 is 0 Å². The van der Waals surface area contributed by atoms with E-state index in [1.54, 1.807) is 0 Å². The minimum absolute atomic E-state index is 0.330. The lowest BCUT2D eigenvalue weighted by Gasteiger charge is -2.30. The SMILES string of the molecule is CCCCCCCC(C)(CCCC)c1cccnc1. The van der Waals surface area contributed by atoms with Crippen LogP contribution in [0.25, 0.3) is 0 Å². The van der Waals surface area contributed by atoms with E-state index < -0.39 is 0 Å². The molecule has 0 amide bonds. The van der Waals surface area contributed by atoms with Gasteiger partial charge in [-0.05, 0) is 29.9 Å². The Morgan fingerprint density at radius 2 is 1.63 bits per heavy atom. The summed E-state index contributed by atoms with van der Waals surface area (Å²) < 4.78 is 0. The number of nitrogens with zero attached hydrogens (tertiary/aromatic N) is 1. The zero-order chi connectivity index (χ0) is 14.0. The standard InChI is InChI=1S/C18H31N/c1-4-6-8-9-10-14-18(3,13-7-5-2)17-12-11-15-19-16-17/h11-12,15-16H,4-10,13-14H2,1-3H3. The molecule has 1 heteroatoms. The lowest BCUT2D eigenvalue weighted by molar-refractivity contribution is 0.367. The van der Waals surface area contributed by atoms with Gasteiger partial charge in [0, 0.05) is 12.4 Å². The maximum Gasteiger partial charge on any atom is 0.0305 e. The zero-order valence-corrected chi connectivity index (χ0v) is 13.1. The summed E-state index contributed by atoms with van der Waals surface area (Å²) in [5.41, 5.74) is 1.76. The molecule has 1 aromatic rings. The van der Waals surface area contributed by atoms with Crippen molar-refractivity contribution in [3.05, 3.63) is 30.1 Å². The van der Waals surface area contributed by atoms with Crippen molar-refractivity contribution in [2.75, 3.05) is 0 Å². The van der Waals surface area contributed by atoms with Gasteiger partial charge in [0.15, 0.2) is 0 Å². The van der Waals surface area contributed by atoms with Crippen molar-refractivity contribution in [1.82, 2.24) is 4.98 Å². The quantitative estimate of drug-likeness (QED) is 0.478. The van der Waals surface area contributed by atoms with Gasteiger partial charge >= 0.3 is 0 Å². The van der Waals surface area contributed by atoms with Crippen molar-refractivity contribution in [3.8, 4) is 0 Å². The molecule has 0 aliphatic carbocycles. The molecule has 1 aromatic heterocycles. The van der Waals surface area contributed by atoms with Crippen LogP contribution >= 0.6 is 0 Å². The molecule has 0 fully saturated rings. The van der Waals surface area contributed by atoms with Crippen LogP contribution < -0.4 is 0 Å². The molecule has 1 nitrogen and oxygen atoms in total. The van der Waals surface area contributed by atoms with Gasteiger partial charge in [-0.2, -0.15) is 0 Å². The molecule has 0 saturated carbocycles. The number of aromatic nitrogens is 1. The van der Waals surface area contributed by atoms with Crippen LogP contribution in [0.1, 0.15) is 84.1 Å². The Kier molecular flexibility index (Phi) is 7.78. The van der Waals surface area contributed by atoms with Gasteiger partial charge in [0.05, 0.1) is 0 Å². The predicted octanol–water partition coefficient (Wildman–Crippen LogP) is 5.89. The highest BCUT2D eigenvalue weighted by atomic mass is 14.6. The first-order valence-corrected chi connectivity index (χ1v) is 8.13. The lowest BCUT2D eigenvalue weighted by Crippen LogP contribution is -2.22. The third kappa shape index (κ3) is 5.76. The highest BCUT2D eigenvalue weighted by Crippen LogP contribution is 2.34. The first-order valence-electron chi connectivity index (χ1n) is 8.13. The molecule has 0 radical (unpaired) electrons. The van der Waals surface area contributed by atoms with E-state index in [4.69, 9.17) is 0 Å². The molecule has 0 bridgehead atoms. The van der Waals surface area contributed by atoms with E-state index in [1.165, 1.54) is 63.4 Å². The fourth-order valence-corrected chi connectivity index (χ4v) is 2.82. The van der Waals surface area contributed by atoms with Crippen molar-refractivity contribution in [3.63, 3.8) is 0 Å². The molecular weight excluding hydrogens is 230 g/mol. The van der Waals surface area contributed by atoms with Crippen molar-refractivity contribution in [1.29, 1.82) is 0 Å². The van der Waals surface area contributed by atoms with Crippen LogP contribution in [0.5, 0.6) is 0 Å². The summed E-state index contributed by atoms with van der Waals surface area (Å²) >= 11 is 0. The van der Waals surface area contributed by atoms with Gasteiger partial charge in [0.25, 0.3) is 0 Å². The van der Waals surface area contributed by atoms with Gasteiger partial charge in [0.2, 0.25) is 0 Å². The summed E-state index contributed by atoms with van der Waals surface area (Å²) in [5.74, 6) is 0. The van der Waals surface area contributed by atoms with Gasteiger partial charge in [-0.1, -0.05) is 71.8 Å². The fourth-order valence-electron chi connectivity index (χ4n) is 2.82. The first kappa shape index (κ1) is 16.2. The molecule has 1 heterocycles. The van der Waals surface area contributed by atoms with Gasteiger partial charge in [0.1, 0.15) is 0 Å². The van der Waals surface area contributed by atoms with Crippen LogP contribution in [0, 0.1) is 0 Å². The van der Waals surface area contributed by atoms with Crippen LogP contribution in [0.4, 0.5) is 0 Å². The highest BCUT2D eigenvalue weighted by Gasteiger charge is 2.25. The van der Waals surface area contributed by atoms with E-state index >= 15 is 0 Å². The minimum Gasteiger partial charge on any atom is -0.264 e. The Labute approximate surface area is 119 Å². The minimum atomic E-state index is 0.330. The summed E-state index contributed by atoms with van der Waals surface area (Å²) in [6, 6.07) is 4.34. The van der Waals surface area contributed by atoms with Crippen molar-refractivity contribution in [2.24, 2.45) is 0 Å². The molecule has 108 valence electrons.